The van der Waals surface area contributed by atoms with E-state index in [2.05, 4.69) is 20.3 Å². The number of oxazole rings is 1. The number of amides is 1. The zero-order valence-electron chi connectivity index (χ0n) is 18.1. The molecule has 1 aliphatic rings. The standard InChI is InChI=1S/C23H24N6O3.ClH/c1-28-20-11-21(29-8-6-15(30)7-9-29)18(10-14(20)12-25-28)26-22(31)19-13-32-23(27-19)16-4-2-3-5-17(16)24;/h2-5,10-13,15,30H,6-9,24H2,1H3,(H,26,31);1H. The first kappa shape index (κ1) is 22.6. The molecule has 0 atom stereocenters. The van der Waals surface area contributed by atoms with Gasteiger partial charge < -0.3 is 25.5 Å². The summed E-state index contributed by atoms with van der Waals surface area (Å²) in [6.07, 6.45) is 4.17. The highest BCUT2D eigenvalue weighted by atomic mass is 35.5. The Morgan fingerprint density at radius 1 is 1.24 bits per heavy atom. The molecule has 4 aromatic rings. The van der Waals surface area contributed by atoms with Crippen LogP contribution in [-0.4, -0.2) is 45.0 Å². The van der Waals surface area contributed by atoms with Gasteiger partial charge in [0.1, 0.15) is 6.26 Å². The van der Waals surface area contributed by atoms with Crippen LogP contribution in [0.15, 0.2) is 53.3 Å². The number of fused-ring (bicyclic) bond motifs is 1. The lowest BCUT2D eigenvalue weighted by atomic mass is 10.1. The zero-order valence-corrected chi connectivity index (χ0v) is 18.9. The number of aliphatic hydroxyl groups excluding tert-OH is 1. The van der Waals surface area contributed by atoms with E-state index in [9.17, 15) is 9.90 Å². The third kappa shape index (κ3) is 4.37. The minimum Gasteiger partial charge on any atom is -0.444 e. The maximum Gasteiger partial charge on any atom is 0.277 e. The number of nitrogens with two attached hydrogens (primary N) is 1. The Bertz CT molecular complexity index is 1290. The fourth-order valence-electron chi connectivity index (χ4n) is 4.04. The number of halogens is 1. The Labute approximate surface area is 196 Å². The Morgan fingerprint density at radius 2 is 2.00 bits per heavy atom. The van der Waals surface area contributed by atoms with Gasteiger partial charge in [0.15, 0.2) is 5.69 Å². The number of hydrogen-bond donors (Lipinski definition) is 3. The van der Waals surface area contributed by atoms with Gasteiger partial charge in [0.2, 0.25) is 5.89 Å². The average molecular weight is 469 g/mol. The smallest absolute Gasteiger partial charge is 0.277 e. The van der Waals surface area contributed by atoms with Crippen molar-refractivity contribution in [3.8, 4) is 11.5 Å². The van der Waals surface area contributed by atoms with Crippen LogP contribution in [0.1, 0.15) is 23.3 Å². The van der Waals surface area contributed by atoms with Gasteiger partial charge in [-0.1, -0.05) is 12.1 Å². The summed E-state index contributed by atoms with van der Waals surface area (Å²) in [5.41, 5.74) is 9.83. The zero-order chi connectivity index (χ0) is 22.2. The molecule has 5 rings (SSSR count). The van der Waals surface area contributed by atoms with E-state index in [1.807, 2.05) is 31.3 Å². The second kappa shape index (κ2) is 9.13. The summed E-state index contributed by atoms with van der Waals surface area (Å²) in [5, 5.41) is 18.1. The summed E-state index contributed by atoms with van der Waals surface area (Å²) >= 11 is 0. The predicted octanol–water partition coefficient (Wildman–Crippen LogP) is 3.45. The van der Waals surface area contributed by atoms with Crippen molar-refractivity contribution in [2.24, 2.45) is 7.05 Å². The van der Waals surface area contributed by atoms with Gasteiger partial charge in [-0.05, 0) is 37.1 Å². The van der Waals surface area contributed by atoms with Gasteiger partial charge in [-0.15, -0.1) is 12.4 Å². The third-order valence-electron chi connectivity index (χ3n) is 5.85. The number of aliphatic hydroxyl groups is 1. The van der Waals surface area contributed by atoms with E-state index in [1.54, 1.807) is 23.0 Å². The van der Waals surface area contributed by atoms with E-state index in [0.717, 1.165) is 16.6 Å². The molecule has 0 aliphatic carbocycles. The number of rotatable bonds is 4. The summed E-state index contributed by atoms with van der Waals surface area (Å²) in [6.45, 7) is 1.41. The van der Waals surface area contributed by atoms with Crippen LogP contribution in [0.25, 0.3) is 22.4 Å². The van der Waals surface area contributed by atoms with E-state index in [4.69, 9.17) is 10.2 Å². The summed E-state index contributed by atoms with van der Waals surface area (Å²) in [4.78, 5) is 19.5. The third-order valence-corrected chi connectivity index (χ3v) is 5.85. The number of piperidine rings is 1. The molecule has 9 nitrogen and oxygen atoms in total. The molecule has 2 aromatic carbocycles. The number of carbonyl (C=O) groups excluding carboxylic acids is 1. The Balaban J connectivity index is 0.00000259. The number of nitrogen functional groups attached to an aromatic ring is 1. The van der Waals surface area contributed by atoms with Gasteiger partial charge in [-0.3, -0.25) is 9.48 Å². The second-order valence-electron chi connectivity index (χ2n) is 7.99. The molecule has 0 spiro atoms. The number of hydrogen-bond acceptors (Lipinski definition) is 7. The summed E-state index contributed by atoms with van der Waals surface area (Å²) < 4.78 is 7.32. The maximum atomic E-state index is 13.0. The molecule has 33 heavy (non-hydrogen) atoms. The molecule has 3 heterocycles. The van der Waals surface area contributed by atoms with Crippen molar-refractivity contribution in [2.75, 3.05) is 29.0 Å². The molecule has 10 heteroatoms. The molecular formula is C23H25ClN6O3. The van der Waals surface area contributed by atoms with E-state index < -0.39 is 0 Å². The normalized spacial score (nSPS) is 14.3. The molecule has 0 bridgehead atoms. The monoisotopic (exact) mass is 468 g/mol. The van der Waals surface area contributed by atoms with E-state index in [1.165, 1.54) is 6.26 Å². The topological polar surface area (TPSA) is 122 Å². The highest BCUT2D eigenvalue weighted by Crippen LogP contribution is 2.34. The van der Waals surface area contributed by atoms with Crippen LogP contribution in [0.3, 0.4) is 0 Å². The minimum absolute atomic E-state index is 0. The highest BCUT2D eigenvalue weighted by Gasteiger charge is 2.23. The molecule has 0 saturated carbocycles. The highest BCUT2D eigenvalue weighted by molar-refractivity contribution is 6.06. The van der Waals surface area contributed by atoms with Crippen LogP contribution >= 0.6 is 12.4 Å². The Hall–Kier alpha value is -3.56. The molecular weight excluding hydrogens is 444 g/mol. The van der Waals surface area contributed by atoms with Gasteiger partial charge in [0, 0.05) is 31.2 Å². The number of nitrogens with one attached hydrogen (secondary N) is 1. The molecule has 2 aromatic heterocycles. The fourth-order valence-corrected chi connectivity index (χ4v) is 4.04. The van der Waals surface area contributed by atoms with E-state index in [-0.39, 0.29) is 30.1 Å². The van der Waals surface area contributed by atoms with Crippen molar-refractivity contribution in [1.82, 2.24) is 14.8 Å². The van der Waals surface area contributed by atoms with Crippen LogP contribution in [-0.2, 0) is 7.05 Å². The van der Waals surface area contributed by atoms with Crippen molar-refractivity contribution < 1.29 is 14.3 Å². The first-order valence-corrected chi connectivity index (χ1v) is 10.5. The van der Waals surface area contributed by atoms with Crippen LogP contribution < -0.4 is 16.0 Å². The summed E-state index contributed by atoms with van der Waals surface area (Å²) in [5.74, 6) is -0.0859. The van der Waals surface area contributed by atoms with Crippen molar-refractivity contribution in [1.29, 1.82) is 0 Å². The fraction of sp³-hybridized carbons (Fsp3) is 0.261. The van der Waals surface area contributed by atoms with Crippen molar-refractivity contribution >= 4 is 46.3 Å². The molecule has 1 fully saturated rings. The SMILES string of the molecule is Cl.Cn1ncc2cc(NC(=O)c3coc(-c4ccccc4N)n3)c(N3CCC(O)CC3)cc21. The van der Waals surface area contributed by atoms with Crippen LogP contribution in [0.5, 0.6) is 0 Å². The van der Waals surface area contributed by atoms with Crippen molar-refractivity contribution in [3.63, 3.8) is 0 Å². The number of anilines is 3. The summed E-state index contributed by atoms with van der Waals surface area (Å²) in [7, 11) is 1.89. The van der Waals surface area contributed by atoms with Gasteiger partial charge in [0.05, 0.1) is 34.8 Å². The van der Waals surface area contributed by atoms with Gasteiger partial charge in [-0.2, -0.15) is 5.10 Å². The van der Waals surface area contributed by atoms with E-state index >= 15 is 0 Å². The molecule has 172 valence electrons. The number of para-hydroxylation sites is 1. The minimum atomic E-state index is -0.379. The summed E-state index contributed by atoms with van der Waals surface area (Å²) in [6, 6.07) is 11.1. The lowest BCUT2D eigenvalue weighted by molar-refractivity contribution is 0.102. The Morgan fingerprint density at radius 3 is 2.76 bits per heavy atom. The number of carbonyl (C=O) groups is 1. The average Bonchev–Trinajstić information content (AvgIpc) is 3.42. The van der Waals surface area contributed by atoms with Crippen LogP contribution in [0, 0.1) is 0 Å². The number of nitrogens with zero attached hydrogens (tertiary/aromatic N) is 4. The molecule has 1 saturated heterocycles. The number of aryl methyl sites for hydroxylation is 1. The molecule has 0 radical (unpaired) electrons. The molecule has 0 unspecified atom stereocenters. The lowest BCUT2D eigenvalue weighted by Gasteiger charge is -2.33. The van der Waals surface area contributed by atoms with E-state index in [0.29, 0.717) is 48.8 Å². The second-order valence-corrected chi connectivity index (χ2v) is 7.99. The van der Waals surface area contributed by atoms with Gasteiger partial charge in [-0.25, -0.2) is 4.98 Å². The molecule has 1 amide bonds. The van der Waals surface area contributed by atoms with Crippen molar-refractivity contribution in [3.05, 3.63) is 54.6 Å². The first-order chi connectivity index (χ1) is 15.5. The molecule has 1 aliphatic heterocycles. The predicted molar refractivity (Wildman–Crippen MR) is 130 cm³/mol. The lowest BCUT2D eigenvalue weighted by Crippen LogP contribution is -2.36. The number of aromatic nitrogens is 3. The van der Waals surface area contributed by atoms with Gasteiger partial charge in [0.25, 0.3) is 5.91 Å². The largest absolute Gasteiger partial charge is 0.444 e. The molecule has 4 N–H and O–H groups in total. The quantitative estimate of drug-likeness (QED) is 0.392. The van der Waals surface area contributed by atoms with Crippen LogP contribution in [0.2, 0.25) is 0 Å². The van der Waals surface area contributed by atoms with Crippen molar-refractivity contribution in [2.45, 2.75) is 18.9 Å². The Kier molecular flexibility index (Phi) is 6.26. The number of benzene rings is 2. The van der Waals surface area contributed by atoms with Crippen LogP contribution in [0.4, 0.5) is 17.1 Å². The van der Waals surface area contributed by atoms with Gasteiger partial charge >= 0.3 is 0 Å². The first-order valence-electron chi connectivity index (χ1n) is 10.5. The maximum absolute atomic E-state index is 13.0.